The van der Waals surface area contributed by atoms with E-state index in [9.17, 15) is 4.79 Å². The van der Waals surface area contributed by atoms with E-state index < -0.39 is 0 Å². The van der Waals surface area contributed by atoms with Crippen molar-refractivity contribution in [3.8, 4) is 5.75 Å². The van der Waals surface area contributed by atoms with Crippen LogP contribution in [0.25, 0.3) is 0 Å². The van der Waals surface area contributed by atoms with Gasteiger partial charge in [0, 0.05) is 5.92 Å². The van der Waals surface area contributed by atoms with Crippen LogP contribution in [0.5, 0.6) is 5.75 Å². The molecule has 128 valence electrons. The Hall–Kier alpha value is -2.75. The molecule has 4 rings (SSSR count). The minimum absolute atomic E-state index is 0.143. The Kier molecular flexibility index (Phi) is 3.96. The maximum absolute atomic E-state index is 12.2. The molecule has 25 heavy (non-hydrogen) atoms. The van der Waals surface area contributed by atoms with Crippen molar-refractivity contribution in [2.24, 2.45) is 5.92 Å². The number of benzene rings is 2. The molecule has 3 atom stereocenters. The van der Waals surface area contributed by atoms with E-state index in [4.69, 9.17) is 9.47 Å². The lowest BCUT2D eigenvalue weighted by Gasteiger charge is -2.38. The molecule has 0 amide bonds. The Bertz CT molecular complexity index is 826. The molecule has 0 spiro atoms. The maximum Gasteiger partial charge on any atom is 0.339 e. The molecule has 4 nitrogen and oxygen atoms in total. The molecular formula is C21H21NO3. The minimum atomic E-state index is -0.307. The standard InChI is InChI=1S/C21H21NO3/c1-24-14-11-9-13(10-12-14)19-16-6-3-5-15(16)17-7-4-8-18(20(17)22-19)21(23)25-2/h3-5,7-12,15-16,19,22H,6H2,1-2H3. The summed E-state index contributed by atoms with van der Waals surface area (Å²) < 4.78 is 10.2. The van der Waals surface area contributed by atoms with E-state index in [1.165, 1.54) is 18.2 Å². The first-order valence-corrected chi connectivity index (χ1v) is 8.51. The van der Waals surface area contributed by atoms with E-state index in [2.05, 4.69) is 35.7 Å². The van der Waals surface area contributed by atoms with Gasteiger partial charge in [0.1, 0.15) is 5.75 Å². The van der Waals surface area contributed by atoms with Gasteiger partial charge >= 0.3 is 5.97 Å². The Balaban J connectivity index is 1.78. The largest absolute Gasteiger partial charge is 0.497 e. The van der Waals surface area contributed by atoms with Crippen LogP contribution in [0.1, 0.15) is 39.9 Å². The van der Waals surface area contributed by atoms with Gasteiger partial charge in [0.15, 0.2) is 0 Å². The van der Waals surface area contributed by atoms with Gasteiger partial charge < -0.3 is 14.8 Å². The van der Waals surface area contributed by atoms with Gasteiger partial charge in [-0.25, -0.2) is 4.79 Å². The Morgan fingerprint density at radius 1 is 1.12 bits per heavy atom. The SMILES string of the molecule is COC(=O)c1cccc2c1NC(c1ccc(OC)cc1)C1CC=CC21. The van der Waals surface area contributed by atoms with Crippen LogP contribution in [-0.2, 0) is 4.74 Å². The van der Waals surface area contributed by atoms with Gasteiger partial charge in [-0.3, -0.25) is 0 Å². The number of methoxy groups -OCH3 is 2. The van der Waals surface area contributed by atoms with Crippen LogP contribution in [0.2, 0.25) is 0 Å². The van der Waals surface area contributed by atoms with Crippen molar-refractivity contribution in [3.05, 3.63) is 71.3 Å². The Morgan fingerprint density at radius 3 is 2.64 bits per heavy atom. The van der Waals surface area contributed by atoms with Crippen molar-refractivity contribution in [1.29, 1.82) is 0 Å². The fraction of sp³-hybridized carbons (Fsp3) is 0.286. The topological polar surface area (TPSA) is 47.6 Å². The highest BCUT2D eigenvalue weighted by molar-refractivity contribution is 5.97. The summed E-state index contributed by atoms with van der Waals surface area (Å²) in [7, 11) is 3.09. The monoisotopic (exact) mass is 335 g/mol. The van der Waals surface area contributed by atoms with E-state index in [0.717, 1.165) is 17.9 Å². The van der Waals surface area contributed by atoms with Crippen LogP contribution in [0.3, 0.4) is 0 Å². The zero-order chi connectivity index (χ0) is 17.4. The number of rotatable bonds is 3. The van der Waals surface area contributed by atoms with Crippen molar-refractivity contribution in [3.63, 3.8) is 0 Å². The number of nitrogens with one attached hydrogen (secondary N) is 1. The van der Waals surface area contributed by atoms with Crippen LogP contribution in [0, 0.1) is 5.92 Å². The summed E-state index contributed by atoms with van der Waals surface area (Å²) in [4.78, 5) is 12.2. The van der Waals surface area contributed by atoms with Crippen LogP contribution >= 0.6 is 0 Å². The summed E-state index contributed by atoms with van der Waals surface area (Å²) in [5.74, 6) is 1.29. The zero-order valence-electron chi connectivity index (χ0n) is 14.4. The second-order valence-electron chi connectivity index (χ2n) is 6.51. The van der Waals surface area contributed by atoms with Gasteiger partial charge in [-0.05, 0) is 41.7 Å². The minimum Gasteiger partial charge on any atom is -0.497 e. The molecule has 3 unspecified atom stereocenters. The lowest BCUT2D eigenvalue weighted by atomic mass is 9.76. The first-order chi connectivity index (χ1) is 12.2. The van der Waals surface area contributed by atoms with Gasteiger partial charge in [0.25, 0.3) is 0 Å². The number of hydrogen-bond donors (Lipinski definition) is 1. The molecule has 0 saturated heterocycles. The van der Waals surface area contributed by atoms with Crippen molar-refractivity contribution in [2.75, 3.05) is 19.5 Å². The first-order valence-electron chi connectivity index (χ1n) is 8.51. The maximum atomic E-state index is 12.2. The van der Waals surface area contributed by atoms with Crippen LogP contribution in [0.4, 0.5) is 5.69 Å². The molecule has 2 aromatic carbocycles. The molecule has 2 aliphatic rings. The molecule has 1 aliphatic carbocycles. The number of anilines is 1. The number of allylic oxidation sites excluding steroid dienone is 2. The van der Waals surface area contributed by atoms with Crippen molar-refractivity contribution in [1.82, 2.24) is 0 Å². The van der Waals surface area contributed by atoms with E-state index in [0.29, 0.717) is 17.4 Å². The predicted molar refractivity (Wildman–Crippen MR) is 97.1 cm³/mol. The molecule has 1 aliphatic heterocycles. The lowest BCUT2D eigenvalue weighted by molar-refractivity contribution is 0.0601. The smallest absolute Gasteiger partial charge is 0.339 e. The number of esters is 1. The van der Waals surface area contributed by atoms with Gasteiger partial charge in [-0.15, -0.1) is 0 Å². The molecule has 1 N–H and O–H groups in total. The molecule has 1 heterocycles. The number of carbonyl (C=O) groups is 1. The summed E-state index contributed by atoms with van der Waals surface area (Å²) in [6.07, 6.45) is 5.53. The third kappa shape index (κ3) is 2.58. The number of ether oxygens (including phenoxy) is 2. The number of hydrogen-bond acceptors (Lipinski definition) is 4. The Labute approximate surface area is 147 Å². The van der Waals surface area contributed by atoms with Crippen LogP contribution in [-0.4, -0.2) is 20.2 Å². The van der Waals surface area contributed by atoms with E-state index in [-0.39, 0.29) is 12.0 Å². The van der Waals surface area contributed by atoms with E-state index >= 15 is 0 Å². The van der Waals surface area contributed by atoms with E-state index in [1.54, 1.807) is 7.11 Å². The average molecular weight is 335 g/mol. The Morgan fingerprint density at radius 2 is 1.92 bits per heavy atom. The second kappa shape index (κ2) is 6.28. The molecular weight excluding hydrogens is 314 g/mol. The molecule has 0 aromatic heterocycles. The molecule has 2 aromatic rings. The molecule has 0 radical (unpaired) electrons. The van der Waals surface area contributed by atoms with E-state index in [1.807, 2.05) is 24.3 Å². The van der Waals surface area contributed by atoms with Gasteiger partial charge in [0.2, 0.25) is 0 Å². The molecule has 0 bridgehead atoms. The summed E-state index contributed by atoms with van der Waals surface area (Å²) in [5, 5.41) is 3.62. The highest BCUT2D eigenvalue weighted by atomic mass is 16.5. The molecule has 4 heteroatoms. The van der Waals surface area contributed by atoms with Gasteiger partial charge in [-0.1, -0.05) is 36.4 Å². The highest BCUT2D eigenvalue weighted by Gasteiger charge is 2.39. The third-order valence-corrected chi connectivity index (χ3v) is 5.28. The summed E-state index contributed by atoms with van der Waals surface area (Å²) in [5.41, 5.74) is 3.86. The molecule has 0 fully saturated rings. The predicted octanol–water partition coefficient (Wildman–Crippen LogP) is 4.31. The number of carbonyl (C=O) groups excluding carboxylic acids is 1. The average Bonchev–Trinajstić information content (AvgIpc) is 3.16. The third-order valence-electron chi connectivity index (χ3n) is 5.28. The quantitative estimate of drug-likeness (QED) is 0.671. The lowest BCUT2D eigenvalue weighted by Crippen LogP contribution is -2.30. The highest BCUT2D eigenvalue weighted by Crippen LogP contribution is 2.50. The van der Waals surface area contributed by atoms with Crippen LogP contribution in [0.15, 0.2) is 54.6 Å². The van der Waals surface area contributed by atoms with Crippen molar-refractivity contribution in [2.45, 2.75) is 18.4 Å². The van der Waals surface area contributed by atoms with Crippen molar-refractivity contribution >= 4 is 11.7 Å². The second-order valence-corrected chi connectivity index (χ2v) is 6.51. The van der Waals surface area contributed by atoms with Crippen LogP contribution < -0.4 is 10.1 Å². The summed E-state index contributed by atoms with van der Waals surface area (Å²) in [6.45, 7) is 0. The molecule has 0 saturated carbocycles. The van der Waals surface area contributed by atoms with Gasteiger partial charge in [-0.2, -0.15) is 0 Å². The summed E-state index contributed by atoms with van der Waals surface area (Å²) >= 11 is 0. The zero-order valence-corrected chi connectivity index (χ0v) is 14.4. The first kappa shape index (κ1) is 15.8. The normalized spacial score (nSPS) is 23.4. The summed E-state index contributed by atoms with van der Waals surface area (Å²) in [6, 6.07) is 14.2. The fourth-order valence-electron chi connectivity index (χ4n) is 4.04. The number of para-hydroxylation sites is 1. The fourth-order valence-corrected chi connectivity index (χ4v) is 4.04. The van der Waals surface area contributed by atoms with Gasteiger partial charge in [0.05, 0.1) is 31.5 Å². The van der Waals surface area contributed by atoms with Crippen molar-refractivity contribution < 1.29 is 14.3 Å². The number of fused-ring (bicyclic) bond motifs is 3.